The van der Waals surface area contributed by atoms with E-state index in [1.807, 2.05) is 29.7 Å². The Morgan fingerprint density at radius 3 is 2.59 bits per heavy atom. The van der Waals surface area contributed by atoms with Crippen LogP contribution in [0.3, 0.4) is 0 Å². The molecule has 29 heavy (non-hydrogen) atoms. The number of halogens is 2. The van der Waals surface area contributed by atoms with Gasteiger partial charge in [-0.1, -0.05) is 30.3 Å². The molecule has 1 N–H and O–H groups in total. The van der Waals surface area contributed by atoms with Gasteiger partial charge in [0.2, 0.25) is 10.0 Å². The fraction of sp³-hybridized carbons (Fsp3) is 0.286. The second-order valence-electron chi connectivity index (χ2n) is 6.96. The Balaban J connectivity index is 1.95. The zero-order chi connectivity index (χ0) is 21.2. The lowest BCUT2D eigenvalue weighted by Crippen LogP contribution is -2.24. The van der Waals surface area contributed by atoms with E-state index in [0.717, 1.165) is 27.3 Å². The van der Waals surface area contributed by atoms with E-state index in [2.05, 4.69) is 20.7 Å². The summed E-state index contributed by atoms with van der Waals surface area (Å²) in [5.41, 5.74) is 2.60. The minimum atomic E-state index is -3.24. The van der Waals surface area contributed by atoms with E-state index in [1.54, 1.807) is 18.2 Å². The number of carbonyl (C=O) groups is 1. The molecule has 8 heteroatoms. The van der Waals surface area contributed by atoms with Gasteiger partial charge in [0, 0.05) is 40.6 Å². The molecular formula is C21H22BrFN2O3S. The van der Waals surface area contributed by atoms with Gasteiger partial charge in [-0.05, 0) is 47.0 Å². The minimum Gasteiger partial charge on any atom is -0.343 e. The molecule has 1 heterocycles. The smallest absolute Gasteiger partial charge is 0.208 e. The number of carbonyl (C=O) groups excluding carboxylic acids is 1. The summed E-state index contributed by atoms with van der Waals surface area (Å²) in [6.07, 6.45) is 1.67. The quantitative estimate of drug-likeness (QED) is 0.387. The lowest BCUT2D eigenvalue weighted by molar-refractivity contribution is 0.0992. The minimum absolute atomic E-state index is 0.0191. The third-order valence-electron chi connectivity index (χ3n) is 4.80. The molecule has 3 rings (SSSR count). The maximum atomic E-state index is 14.0. The molecule has 0 amide bonds. The molecule has 0 aliphatic carbocycles. The van der Waals surface area contributed by atoms with E-state index in [-0.39, 0.29) is 12.2 Å². The predicted molar refractivity (Wildman–Crippen MR) is 116 cm³/mol. The van der Waals surface area contributed by atoms with Gasteiger partial charge < -0.3 is 4.57 Å². The second kappa shape index (κ2) is 8.77. The summed E-state index contributed by atoms with van der Waals surface area (Å²) < 4.78 is 41.9. The summed E-state index contributed by atoms with van der Waals surface area (Å²) in [5.74, 6) is -0.543. The van der Waals surface area contributed by atoms with Crippen LogP contribution in [0.15, 0.2) is 46.9 Å². The second-order valence-corrected chi connectivity index (χ2v) is 9.65. The third-order valence-corrected chi connectivity index (χ3v) is 6.17. The van der Waals surface area contributed by atoms with Gasteiger partial charge in [0.05, 0.1) is 11.8 Å². The van der Waals surface area contributed by atoms with Crippen molar-refractivity contribution in [3.8, 4) is 0 Å². The van der Waals surface area contributed by atoms with E-state index >= 15 is 0 Å². The van der Waals surface area contributed by atoms with Crippen LogP contribution < -0.4 is 4.72 Å². The first-order chi connectivity index (χ1) is 13.7. The predicted octanol–water partition coefficient (Wildman–Crippen LogP) is 4.22. The fourth-order valence-corrected chi connectivity index (χ4v) is 4.61. The zero-order valence-corrected chi connectivity index (χ0v) is 18.6. The van der Waals surface area contributed by atoms with E-state index in [9.17, 15) is 17.6 Å². The molecule has 0 atom stereocenters. The normalized spacial score (nSPS) is 11.9. The number of benzene rings is 2. The summed E-state index contributed by atoms with van der Waals surface area (Å²) in [5, 5.41) is 0.800. The van der Waals surface area contributed by atoms with Gasteiger partial charge in [-0.15, -0.1) is 0 Å². The van der Waals surface area contributed by atoms with Gasteiger partial charge in [0.15, 0.2) is 5.78 Å². The van der Waals surface area contributed by atoms with Crippen LogP contribution in [-0.2, 0) is 23.0 Å². The van der Waals surface area contributed by atoms with Crippen molar-refractivity contribution in [3.63, 3.8) is 0 Å². The molecule has 0 radical (unpaired) electrons. The highest BCUT2D eigenvalue weighted by molar-refractivity contribution is 9.10. The third kappa shape index (κ3) is 4.94. The number of nitrogens with zero attached hydrogens (tertiary/aromatic N) is 1. The van der Waals surface area contributed by atoms with Gasteiger partial charge >= 0.3 is 0 Å². The molecule has 1 aromatic heterocycles. The van der Waals surface area contributed by atoms with Crippen molar-refractivity contribution in [1.29, 1.82) is 0 Å². The van der Waals surface area contributed by atoms with Gasteiger partial charge in [0.1, 0.15) is 5.82 Å². The molecule has 2 aromatic carbocycles. The number of rotatable bonds is 8. The molecule has 3 aromatic rings. The molecule has 154 valence electrons. The van der Waals surface area contributed by atoms with Crippen LogP contribution in [-0.4, -0.2) is 31.6 Å². The number of aryl methyl sites for hydroxylation is 1. The molecule has 0 bridgehead atoms. The van der Waals surface area contributed by atoms with Crippen molar-refractivity contribution >= 4 is 42.6 Å². The van der Waals surface area contributed by atoms with E-state index in [4.69, 9.17) is 0 Å². The number of para-hydroxylation sites is 1. The van der Waals surface area contributed by atoms with Crippen LogP contribution in [0.25, 0.3) is 10.9 Å². The average molecular weight is 481 g/mol. The highest BCUT2D eigenvalue weighted by Gasteiger charge is 2.22. The number of hydrogen-bond donors (Lipinski definition) is 1. The molecule has 5 nitrogen and oxygen atoms in total. The lowest BCUT2D eigenvalue weighted by Gasteiger charge is -2.10. The summed E-state index contributed by atoms with van der Waals surface area (Å²) in [7, 11) is -3.24. The Morgan fingerprint density at radius 1 is 1.17 bits per heavy atom. The monoisotopic (exact) mass is 480 g/mol. The molecule has 0 aliphatic rings. The Morgan fingerprint density at radius 2 is 1.90 bits per heavy atom. The molecule has 0 fully saturated rings. The fourth-order valence-electron chi connectivity index (χ4n) is 3.52. The van der Waals surface area contributed by atoms with Gasteiger partial charge in [0.25, 0.3) is 0 Å². The van der Waals surface area contributed by atoms with E-state index in [0.29, 0.717) is 30.6 Å². The van der Waals surface area contributed by atoms with E-state index in [1.165, 1.54) is 6.07 Å². The summed E-state index contributed by atoms with van der Waals surface area (Å²) in [6.45, 7) is 2.71. The maximum Gasteiger partial charge on any atom is 0.208 e. The maximum absolute atomic E-state index is 14.0. The van der Waals surface area contributed by atoms with Gasteiger partial charge in [-0.3, -0.25) is 4.79 Å². The summed E-state index contributed by atoms with van der Waals surface area (Å²) in [4.78, 5) is 13.1. The first-order valence-corrected chi connectivity index (χ1v) is 11.9. The number of ketones is 1. The molecule has 0 unspecified atom stereocenters. The van der Waals surface area contributed by atoms with Crippen molar-refractivity contribution in [3.05, 3.63) is 69.6 Å². The lowest BCUT2D eigenvalue weighted by atomic mass is 10.00. The van der Waals surface area contributed by atoms with Crippen molar-refractivity contribution < 1.29 is 17.6 Å². The van der Waals surface area contributed by atoms with Gasteiger partial charge in [-0.2, -0.15) is 0 Å². The number of fused-ring (bicyclic) bond motifs is 1. The van der Waals surface area contributed by atoms with Crippen molar-refractivity contribution in [2.24, 2.45) is 0 Å². The Kier molecular flexibility index (Phi) is 6.55. The number of Topliss-reactive ketones (excluding diaryl/α,β-unsaturated/α-hetero) is 1. The van der Waals surface area contributed by atoms with Crippen molar-refractivity contribution in [1.82, 2.24) is 9.29 Å². The van der Waals surface area contributed by atoms with Crippen LogP contribution in [0.4, 0.5) is 4.39 Å². The van der Waals surface area contributed by atoms with Crippen LogP contribution in [0, 0.1) is 12.7 Å². The SMILES string of the molecule is Cc1c(C(=O)Cc2ccccc2F)c2cccc(Br)c2n1CCCNS(C)(=O)=O. The number of sulfonamides is 1. The van der Waals surface area contributed by atoms with Crippen molar-refractivity contribution in [2.45, 2.75) is 26.3 Å². The van der Waals surface area contributed by atoms with E-state index < -0.39 is 15.8 Å². The highest BCUT2D eigenvalue weighted by Crippen LogP contribution is 2.32. The van der Waals surface area contributed by atoms with Crippen LogP contribution >= 0.6 is 15.9 Å². The van der Waals surface area contributed by atoms with Crippen LogP contribution in [0.5, 0.6) is 0 Å². The molecule has 0 saturated carbocycles. The average Bonchev–Trinajstić information content (AvgIpc) is 2.93. The molecule has 0 aliphatic heterocycles. The van der Waals surface area contributed by atoms with Gasteiger partial charge in [-0.25, -0.2) is 17.5 Å². The Bertz CT molecular complexity index is 1170. The van der Waals surface area contributed by atoms with Crippen LogP contribution in [0.2, 0.25) is 0 Å². The molecule has 0 saturated heterocycles. The summed E-state index contributed by atoms with van der Waals surface area (Å²) in [6, 6.07) is 11.9. The highest BCUT2D eigenvalue weighted by atomic mass is 79.9. The Hall–Kier alpha value is -2.03. The Labute approximate surface area is 178 Å². The number of aromatic nitrogens is 1. The summed E-state index contributed by atoms with van der Waals surface area (Å²) >= 11 is 3.56. The number of hydrogen-bond acceptors (Lipinski definition) is 3. The standard InChI is InChI=1S/C21H22BrFN2O3S/c1-14-20(19(26)13-15-7-3-4-10-18(15)23)16-8-5-9-17(22)21(16)25(14)12-6-11-24-29(2,27)28/h3-5,7-10,24H,6,11-13H2,1-2H3. The first kappa shape index (κ1) is 21.7. The molecular weight excluding hydrogens is 459 g/mol. The topological polar surface area (TPSA) is 68.2 Å². The number of nitrogens with one attached hydrogen (secondary N) is 1. The first-order valence-electron chi connectivity index (χ1n) is 9.17. The largest absolute Gasteiger partial charge is 0.343 e. The zero-order valence-electron chi connectivity index (χ0n) is 16.2. The van der Waals surface area contributed by atoms with Crippen LogP contribution in [0.1, 0.15) is 28.0 Å². The molecule has 0 spiro atoms. The van der Waals surface area contributed by atoms with Crippen molar-refractivity contribution in [2.75, 3.05) is 12.8 Å².